The van der Waals surface area contributed by atoms with E-state index in [9.17, 15) is 0 Å². The van der Waals surface area contributed by atoms with Crippen molar-refractivity contribution < 1.29 is 0 Å². The topological polar surface area (TPSA) is 41.6 Å². The first-order valence-electron chi connectivity index (χ1n) is 5.08. The molecule has 0 amide bonds. The molecule has 0 unspecified atom stereocenters. The SMILES string of the molecule is Cc1cc(-c2nc(=S)cc(C)[nH]2)cc(C)n1. The van der Waals surface area contributed by atoms with Gasteiger partial charge in [-0.2, -0.15) is 0 Å². The standard InChI is InChI=1S/C12H13N3S/c1-7-4-10(5-8(2)13-7)12-14-9(3)6-11(16)15-12/h4-6H,1-3H3,(H,14,15,16). The number of hydrogen-bond donors (Lipinski definition) is 1. The predicted molar refractivity (Wildman–Crippen MR) is 66.9 cm³/mol. The summed E-state index contributed by atoms with van der Waals surface area (Å²) in [5.41, 5.74) is 4.01. The Labute approximate surface area is 99.6 Å². The van der Waals surface area contributed by atoms with Gasteiger partial charge >= 0.3 is 0 Å². The third kappa shape index (κ3) is 2.33. The molecule has 2 aromatic rings. The number of nitrogens with zero attached hydrogens (tertiary/aromatic N) is 2. The number of rotatable bonds is 1. The van der Waals surface area contributed by atoms with E-state index in [0.717, 1.165) is 28.5 Å². The Kier molecular flexibility index (Phi) is 2.83. The summed E-state index contributed by atoms with van der Waals surface area (Å²) in [5, 5.41) is 0. The predicted octanol–water partition coefficient (Wildman–Crippen LogP) is 3.13. The molecule has 0 atom stereocenters. The Morgan fingerprint density at radius 1 is 1.00 bits per heavy atom. The summed E-state index contributed by atoms with van der Waals surface area (Å²) < 4.78 is 0.610. The lowest BCUT2D eigenvalue weighted by atomic mass is 10.2. The summed E-state index contributed by atoms with van der Waals surface area (Å²) in [6.45, 7) is 5.92. The maximum Gasteiger partial charge on any atom is 0.139 e. The fourth-order valence-corrected chi connectivity index (χ4v) is 1.95. The normalized spacial score (nSPS) is 10.4. The van der Waals surface area contributed by atoms with Crippen LogP contribution in [0.25, 0.3) is 11.4 Å². The number of aryl methyl sites for hydroxylation is 3. The highest BCUT2D eigenvalue weighted by atomic mass is 32.1. The van der Waals surface area contributed by atoms with Crippen LogP contribution >= 0.6 is 12.2 Å². The highest BCUT2D eigenvalue weighted by Crippen LogP contribution is 2.16. The first-order chi connectivity index (χ1) is 7.54. The molecule has 0 bridgehead atoms. The number of aromatic nitrogens is 3. The van der Waals surface area contributed by atoms with Crippen LogP contribution in [-0.4, -0.2) is 15.0 Å². The molecule has 2 aromatic heterocycles. The highest BCUT2D eigenvalue weighted by molar-refractivity contribution is 7.71. The molecule has 0 saturated carbocycles. The molecule has 2 rings (SSSR count). The maximum atomic E-state index is 5.11. The van der Waals surface area contributed by atoms with E-state index in [-0.39, 0.29) is 0 Å². The zero-order valence-corrected chi connectivity index (χ0v) is 10.4. The Balaban J connectivity index is 2.62. The molecule has 0 radical (unpaired) electrons. The van der Waals surface area contributed by atoms with E-state index < -0.39 is 0 Å². The van der Waals surface area contributed by atoms with Crippen molar-refractivity contribution in [3.63, 3.8) is 0 Å². The summed E-state index contributed by atoms with van der Waals surface area (Å²) in [6, 6.07) is 5.85. The number of aromatic amines is 1. The van der Waals surface area contributed by atoms with Crippen molar-refractivity contribution >= 4 is 12.2 Å². The fourth-order valence-electron chi connectivity index (χ4n) is 1.69. The van der Waals surface area contributed by atoms with E-state index in [1.807, 2.05) is 39.0 Å². The lowest BCUT2D eigenvalue weighted by molar-refractivity contribution is 1.07. The quantitative estimate of drug-likeness (QED) is 0.767. The van der Waals surface area contributed by atoms with Crippen molar-refractivity contribution in [3.05, 3.63) is 39.9 Å². The first kappa shape index (κ1) is 11.0. The monoisotopic (exact) mass is 231 g/mol. The van der Waals surface area contributed by atoms with Crippen molar-refractivity contribution in [2.75, 3.05) is 0 Å². The van der Waals surface area contributed by atoms with Crippen LogP contribution in [-0.2, 0) is 0 Å². The number of nitrogens with one attached hydrogen (secondary N) is 1. The van der Waals surface area contributed by atoms with Gasteiger partial charge in [0.2, 0.25) is 0 Å². The molecule has 0 aliphatic rings. The van der Waals surface area contributed by atoms with Crippen molar-refractivity contribution in [2.45, 2.75) is 20.8 Å². The third-order valence-electron chi connectivity index (χ3n) is 2.23. The van der Waals surface area contributed by atoms with Crippen LogP contribution in [0.3, 0.4) is 0 Å². The van der Waals surface area contributed by atoms with Crippen LogP contribution in [0.5, 0.6) is 0 Å². The van der Waals surface area contributed by atoms with Gasteiger partial charge < -0.3 is 4.98 Å². The van der Waals surface area contributed by atoms with Crippen LogP contribution in [0, 0.1) is 25.4 Å². The van der Waals surface area contributed by atoms with Crippen LogP contribution in [0.4, 0.5) is 0 Å². The molecule has 0 fully saturated rings. The molecular formula is C12H13N3S. The fraction of sp³-hybridized carbons (Fsp3) is 0.250. The summed E-state index contributed by atoms with van der Waals surface area (Å²) in [7, 11) is 0. The summed E-state index contributed by atoms with van der Waals surface area (Å²) >= 11 is 5.11. The first-order valence-corrected chi connectivity index (χ1v) is 5.49. The van der Waals surface area contributed by atoms with Gasteiger partial charge in [-0.25, -0.2) is 4.98 Å². The van der Waals surface area contributed by atoms with E-state index in [1.54, 1.807) is 0 Å². The third-order valence-corrected chi connectivity index (χ3v) is 2.44. The lowest BCUT2D eigenvalue weighted by Crippen LogP contribution is -1.94. The second kappa shape index (κ2) is 4.14. The lowest BCUT2D eigenvalue weighted by Gasteiger charge is -2.05. The Morgan fingerprint density at radius 3 is 2.19 bits per heavy atom. The van der Waals surface area contributed by atoms with Gasteiger partial charge in [-0.3, -0.25) is 4.98 Å². The minimum Gasteiger partial charge on any atom is -0.343 e. The van der Waals surface area contributed by atoms with Gasteiger partial charge in [-0.15, -0.1) is 0 Å². The minimum absolute atomic E-state index is 0.610. The smallest absolute Gasteiger partial charge is 0.139 e. The summed E-state index contributed by atoms with van der Waals surface area (Å²) in [5.74, 6) is 0.804. The van der Waals surface area contributed by atoms with E-state index in [1.165, 1.54) is 0 Å². The molecule has 0 aliphatic heterocycles. The average Bonchev–Trinajstić information content (AvgIpc) is 2.14. The van der Waals surface area contributed by atoms with E-state index >= 15 is 0 Å². The van der Waals surface area contributed by atoms with E-state index in [4.69, 9.17) is 12.2 Å². The van der Waals surface area contributed by atoms with Crippen molar-refractivity contribution in [2.24, 2.45) is 0 Å². The molecule has 0 saturated heterocycles. The van der Waals surface area contributed by atoms with Gasteiger partial charge in [-0.05, 0) is 39.0 Å². The van der Waals surface area contributed by atoms with Crippen molar-refractivity contribution in [1.82, 2.24) is 15.0 Å². The Morgan fingerprint density at radius 2 is 1.62 bits per heavy atom. The Hall–Kier alpha value is -1.55. The summed E-state index contributed by atoms with van der Waals surface area (Å²) in [4.78, 5) is 11.9. The van der Waals surface area contributed by atoms with Crippen molar-refractivity contribution in [1.29, 1.82) is 0 Å². The number of H-pyrrole nitrogens is 1. The molecule has 0 aliphatic carbocycles. The van der Waals surface area contributed by atoms with Gasteiger partial charge in [0.15, 0.2) is 0 Å². The van der Waals surface area contributed by atoms with Crippen LogP contribution in [0.1, 0.15) is 17.1 Å². The van der Waals surface area contributed by atoms with Crippen molar-refractivity contribution in [3.8, 4) is 11.4 Å². The minimum atomic E-state index is 0.610. The molecule has 1 N–H and O–H groups in total. The average molecular weight is 231 g/mol. The molecule has 2 heterocycles. The van der Waals surface area contributed by atoms with Gasteiger partial charge in [0.05, 0.1) is 0 Å². The second-order valence-electron chi connectivity index (χ2n) is 3.89. The molecular weight excluding hydrogens is 218 g/mol. The zero-order valence-electron chi connectivity index (χ0n) is 9.53. The zero-order chi connectivity index (χ0) is 11.7. The molecule has 82 valence electrons. The summed E-state index contributed by atoms with van der Waals surface area (Å²) in [6.07, 6.45) is 0. The van der Waals surface area contributed by atoms with Gasteiger partial charge in [0.25, 0.3) is 0 Å². The molecule has 4 heteroatoms. The molecule has 0 aromatic carbocycles. The second-order valence-corrected chi connectivity index (χ2v) is 4.31. The molecule has 3 nitrogen and oxygen atoms in total. The van der Waals surface area contributed by atoms with Crippen LogP contribution in [0.15, 0.2) is 18.2 Å². The molecule has 16 heavy (non-hydrogen) atoms. The number of pyridine rings is 1. The molecule has 0 spiro atoms. The van der Waals surface area contributed by atoms with Crippen LogP contribution in [0.2, 0.25) is 0 Å². The van der Waals surface area contributed by atoms with Crippen LogP contribution < -0.4 is 0 Å². The van der Waals surface area contributed by atoms with E-state index in [0.29, 0.717) is 4.64 Å². The highest BCUT2D eigenvalue weighted by Gasteiger charge is 2.03. The van der Waals surface area contributed by atoms with Gasteiger partial charge in [-0.1, -0.05) is 12.2 Å². The Bertz CT molecular complexity index is 567. The van der Waals surface area contributed by atoms with Gasteiger partial charge in [0, 0.05) is 22.6 Å². The largest absolute Gasteiger partial charge is 0.343 e. The maximum absolute atomic E-state index is 5.11. The number of hydrogen-bond acceptors (Lipinski definition) is 3. The van der Waals surface area contributed by atoms with E-state index in [2.05, 4.69) is 15.0 Å². The van der Waals surface area contributed by atoms with Gasteiger partial charge in [0.1, 0.15) is 10.5 Å².